The summed E-state index contributed by atoms with van der Waals surface area (Å²) in [5, 5.41) is 0. The fraction of sp³-hybridized carbons (Fsp3) is 0.500. The van der Waals surface area contributed by atoms with Crippen LogP contribution in [0.5, 0.6) is 0 Å². The van der Waals surface area contributed by atoms with Crippen molar-refractivity contribution in [2.75, 3.05) is 13.2 Å². The van der Waals surface area contributed by atoms with E-state index in [4.69, 9.17) is 15.9 Å². The van der Waals surface area contributed by atoms with Gasteiger partial charge in [0.25, 0.3) is 0 Å². The summed E-state index contributed by atoms with van der Waals surface area (Å²) in [6.07, 6.45) is 7.22. The van der Waals surface area contributed by atoms with Crippen LogP contribution in [-0.4, -0.2) is 30.4 Å². The Bertz CT molecular complexity index is 509. The van der Waals surface area contributed by atoms with Crippen molar-refractivity contribution in [3.8, 4) is 12.3 Å². The number of carbonyl (C=O) groups is 1. The molecule has 1 aromatic rings. The molecule has 0 spiro atoms. The summed E-state index contributed by atoms with van der Waals surface area (Å²) in [6, 6.07) is 9.94. The van der Waals surface area contributed by atoms with Crippen LogP contribution in [0.25, 0.3) is 0 Å². The summed E-state index contributed by atoms with van der Waals surface area (Å²) in [6.45, 7) is 3.28. The highest BCUT2D eigenvalue weighted by molar-refractivity contribution is 5.67. The molecule has 1 heterocycles. The van der Waals surface area contributed by atoms with E-state index >= 15 is 0 Å². The Balaban J connectivity index is 1.99. The largest absolute Gasteiger partial charge is 0.450 e. The lowest BCUT2D eigenvalue weighted by Gasteiger charge is -2.38. The third-order valence-corrected chi connectivity index (χ3v) is 3.85. The molecular weight excluding hydrogens is 278 g/mol. The van der Waals surface area contributed by atoms with E-state index in [1.165, 1.54) is 0 Å². The van der Waals surface area contributed by atoms with Crippen LogP contribution in [-0.2, 0) is 16.1 Å². The van der Waals surface area contributed by atoms with Crippen molar-refractivity contribution < 1.29 is 14.3 Å². The van der Waals surface area contributed by atoms with Crippen LogP contribution < -0.4 is 0 Å². The van der Waals surface area contributed by atoms with E-state index in [0.29, 0.717) is 25.7 Å². The lowest BCUT2D eigenvalue weighted by Crippen LogP contribution is -2.47. The number of amides is 1. The van der Waals surface area contributed by atoms with Crippen LogP contribution in [0.4, 0.5) is 4.79 Å². The molecule has 2 rings (SSSR count). The average Bonchev–Trinajstić information content (AvgIpc) is 2.54. The molecule has 0 radical (unpaired) electrons. The summed E-state index contributed by atoms with van der Waals surface area (Å²) in [7, 11) is 0. The molecule has 22 heavy (non-hydrogen) atoms. The summed E-state index contributed by atoms with van der Waals surface area (Å²) < 4.78 is 11.1. The van der Waals surface area contributed by atoms with Crippen molar-refractivity contribution in [2.24, 2.45) is 5.92 Å². The van der Waals surface area contributed by atoms with E-state index in [0.717, 1.165) is 24.8 Å². The van der Waals surface area contributed by atoms with E-state index < -0.39 is 0 Å². The lowest BCUT2D eigenvalue weighted by molar-refractivity contribution is -0.0905. The van der Waals surface area contributed by atoms with Gasteiger partial charge in [0.1, 0.15) is 6.23 Å². The second-order valence-corrected chi connectivity index (χ2v) is 5.44. The Morgan fingerprint density at radius 1 is 1.41 bits per heavy atom. The van der Waals surface area contributed by atoms with Crippen LogP contribution in [0.1, 0.15) is 31.7 Å². The van der Waals surface area contributed by atoms with Gasteiger partial charge in [-0.1, -0.05) is 30.3 Å². The first-order valence-electron chi connectivity index (χ1n) is 7.77. The number of terminal acetylenes is 1. The molecule has 0 N–H and O–H groups in total. The first-order valence-corrected chi connectivity index (χ1v) is 7.77. The quantitative estimate of drug-likeness (QED) is 0.782. The van der Waals surface area contributed by atoms with Gasteiger partial charge in [0.05, 0.1) is 13.2 Å². The molecule has 1 saturated heterocycles. The normalized spacial score (nSPS) is 21.2. The minimum Gasteiger partial charge on any atom is -0.450 e. The number of hydrogen-bond acceptors (Lipinski definition) is 3. The van der Waals surface area contributed by atoms with Gasteiger partial charge in [-0.05, 0) is 31.2 Å². The van der Waals surface area contributed by atoms with E-state index in [1.807, 2.05) is 37.3 Å². The summed E-state index contributed by atoms with van der Waals surface area (Å²) in [4.78, 5) is 13.7. The van der Waals surface area contributed by atoms with Gasteiger partial charge in [-0.3, -0.25) is 4.90 Å². The second-order valence-electron chi connectivity index (χ2n) is 5.44. The predicted octanol–water partition coefficient (Wildman–Crippen LogP) is 3.42. The van der Waals surface area contributed by atoms with Gasteiger partial charge >= 0.3 is 6.09 Å². The third kappa shape index (κ3) is 4.51. The van der Waals surface area contributed by atoms with Crippen LogP contribution in [0.3, 0.4) is 0 Å². The molecule has 0 aliphatic carbocycles. The van der Waals surface area contributed by atoms with Gasteiger partial charge in [0.15, 0.2) is 0 Å². The topological polar surface area (TPSA) is 38.8 Å². The Kier molecular flexibility index (Phi) is 6.29. The molecule has 2 atom stereocenters. The standard InChI is InChI=1S/C18H23NO3/c1-3-8-15-11-12-19(18(20)21-4-2)17(13-15)22-14-16-9-6-5-7-10-16/h1,5-7,9-10,15,17H,4,8,11-14H2,2H3. The summed E-state index contributed by atoms with van der Waals surface area (Å²) >= 11 is 0. The number of likely N-dealkylation sites (tertiary alicyclic amines) is 1. The monoisotopic (exact) mass is 301 g/mol. The molecule has 0 aromatic heterocycles. The van der Waals surface area contributed by atoms with Crippen molar-refractivity contribution >= 4 is 6.09 Å². The Hall–Kier alpha value is -1.99. The average molecular weight is 301 g/mol. The molecule has 1 amide bonds. The highest BCUT2D eigenvalue weighted by Gasteiger charge is 2.32. The maximum Gasteiger partial charge on any atom is 0.411 e. The zero-order valence-corrected chi connectivity index (χ0v) is 13.0. The number of carbonyl (C=O) groups excluding carboxylic acids is 1. The zero-order chi connectivity index (χ0) is 15.8. The van der Waals surface area contributed by atoms with Gasteiger partial charge in [-0.2, -0.15) is 0 Å². The van der Waals surface area contributed by atoms with Gasteiger partial charge in [0.2, 0.25) is 0 Å². The number of nitrogens with zero attached hydrogens (tertiary/aromatic N) is 1. The van der Waals surface area contributed by atoms with E-state index in [9.17, 15) is 4.79 Å². The van der Waals surface area contributed by atoms with E-state index in [2.05, 4.69) is 5.92 Å². The molecule has 1 fully saturated rings. The Labute approximate surface area is 132 Å². The number of piperidine rings is 1. The van der Waals surface area contributed by atoms with Crippen molar-refractivity contribution in [3.63, 3.8) is 0 Å². The predicted molar refractivity (Wildman–Crippen MR) is 84.9 cm³/mol. The molecule has 1 aromatic carbocycles. The second kappa shape index (κ2) is 8.45. The van der Waals surface area contributed by atoms with Gasteiger partial charge < -0.3 is 9.47 Å². The Morgan fingerprint density at radius 3 is 2.86 bits per heavy atom. The van der Waals surface area contributed by atoms with Gasteiger partial charge in [0, 0.05) is 13.0 Å². The molecular formula is C18H23NO3. The maximum absolute atomic E-state index is 12.1. The van der Waals surface area contributed by atoms with Crippen LogP contribution in [0.2, 0.25) is 0 Å². The van der Waals surface area contributed by atoms with Crippen molar-refractivity contribution in [1.29, 1.82) is 0 Å². The third-order valence-electron chi connectivity index (χ3n) is 3.85. The van der Waals surface area contributed by atoms with Crippen molar-refractivity contribution in [3.05, 3.63) is 35.9 Å². The molecule has 4 nitrogen and oxygen atoms in total. The number of benzene rings is 1. The molecule has 2 unspecified atom stereocenters. The van der Waals surface area contributed by atoms with Gasteiger partial charge in [-0.25, -0.2) is 4.79 Å². The van der Waals surface area contributed by atoms with E-state index in [1.54, 1.807) is 4.90 Å². The number of hydrogen-bond donors (Lipinski definition) is 0. The first kappa shape index (κ1) is 16.4. The van der Waals surface area contributed by atoms with Crippen LogP contribution in [0, 0.1) is 18.3 Å². The minimum absolute atomic E-state index is 0.272. The zero-order valence-electron chi connectivity index (χ0n) is 13.0. The highest BCUT2D eigenvalue weighted by Crippen LogP contribution is 2.27. The number of ether oxygens (including phenoxy) is 2. The van der Waals surface area contributed by atoms with Gasteiger partial charge in [-0.15, -0.1) is 12.3 Å². The molecule has 4 heteroatoms. The molecule has 0 saturated carbocycles. The lowest BCUT2D eigenvalue weighted by atomic mass is 9.93. The summed E-state index contributed by atoms with van der Waals surface area (Å²) in [5.41, 5.74) is 1.09. The molecule has 118 valence electrons. The van der Waals surface area contributed by atoms with Crippen LogP contribution >= 0.6 is 0 Å². The molecule has 1 aliphatic rings. The highest BCUT2D eigenvalue weighted by atomic mass is 16.6. The summed E-state index contributed by atoms with van der Waals surface area (Å²) in [5.74, 6) is 3.11. The fourth-order valence-corrected chi connectivity index (χ4v) is 2.69. The minimum atomic E-state index is -0.306. The van der Waals surface area contributed by atoms with Crippen LogP contribution in [0.15, 0.2) is 30.3 Å². The van der Waals surface area contributed by atoms with Crippen molar-refractivity contribution in [2.45, 2.75) is 39.0 Å². The smallest absolute Gasteiger partial charge is 0.411 e. The maximum atomic E-state index is 12.1. The Morgan fingerprint density at radius 2 is 2.18 bits per heavy atom. The number of rotatable bonds is 5. The fourth-order valence-electron chi connectivity index (χ4n) is 2.69. The molecule has 0 bridgehead atoms. The molecule has 1 aliphatic heterocycles. The first-order chi connectivity index (χ1) is 10.7. The van der Waals surface area contributed by atoms with Crippen molar-refractivity contribution in [1.82, 2.24) is 4.90 Å². The van der Waals surface area contributed by atoms with E-state index in [-0.39, 0.29) is 12.3 Å². The SMILES string of the molecule is C#CCC1CCN(C(=O)OCC)C(OCc2ccccc2)C1.